The summed E-state index contributed by atoms with van der Waals surface area (Å²) >= 11 is 0. The number of rotatable bonds is 2. The molecule has 3 rings (SSSR count). The Morgan fingerprint density at radius 1 is 1.36 bits per heavy atom. The van der Waals surface area contributed by atoms with Crippen molar-refractivity contribution < 1.29 is 0 Å². The molecule has 0 aromatic carbocycles. The molecule has 1 unspecified atom stereocenters. The molecule has 11 heavy (non-hydrogen) atoms. The predicted molar refractivity (Wildman–Crippen MR) is 46.3 cm³/mol. The van der Waals surface area contributed by atoms with Crippen LogP contribution in [0.1, 0.15) is 26.7 Å². The fraction of sp³-hybridized carbons (Fsp3) is 1.00. The molecule has 1 N–H and O–H groups in total. The summed E-state index contributed by atoms with van der Waals surface area (Å²) in [6, 6.07) is 1.61. The van der Waals surface area contributed by atoms with E-state index in [2.05, 4.69) is 31.1 Å². The maximum absolute atomic E-state index is 3.41. The van der Waals surface area contributed by atoms with Crippen molar-refractivity contribution in [1.82, 2.24) is 10.2 Å². The van der Waals surface area contributed by atoms with Crippen LogP contribution < -0.4 is 5.32 Å². The number of nitrogens with one attached hydrogen (secondary N) is 1. The topological polar surface area (TPSA) is 15.3 Å². The molecule has 1 atom stereocenters. The molecule has 2 heteroatoms. The van der Waals surface area contributed by atoms with E-state index in [1.54, 1.807) is 0 Å². The molecule has 2 saturated heterocycles. The third-order valence-electron chi connectivity index (χ3n) is 3.23. The predicted octanol–water partition coefficient (Wildman–Crippen LogP) is 1.03. The van der Waals surface area contributed by atoms with E-state index in [0.717, 1.165) is 12.0 Å². The third-order valence-corrected chi connectivity index (χ3v) is 3.23. The Labute approximate surface area is 69.0 Å². The molecule has 2 heterocycles. The first-order valence-electron chi connectivity index (χ1n) is 4.68. The van der Waals surface area contributed by atoms with Crippen LogP contribution in [0.15, 0.2) is 0 Å². The van der Waals surface area contributed by atoms with E-state index < -0.39 is 0 Å². The second-order valence-electron chi connectivity index (χ2n) is 4.16. The van der Waals surface area contributed by atoms with Crippen LogP contribution in [0, 0.1) is 5.92 Å². The summed E-state index contributed by atoms with van der Waals surface area (Å²) in [6.45, 7) is 4.59. The Morgan fingerprint density at radius 3 is 2.36 bits per heavy atom. The minimum Gasteiger partial charge on any atom is -0.305 e. The summed E-state index contributed by atoms with van der Waals surface area (Å²) < 4.78 is 0. The van der Waals surface area contributed by atoms with Crippen LogP contribution in [0.3, 0.4) is 0 Å². The van der Waals surface area contributed by atoms with E-state index in [1.165, 1.54) is 12.8 Å². The van der Waals surface area contributed by atoms with E-state index in [1.807, 2.05) is 0 Å². The minimum absolute atomic E-state index is 0.681. The summed E-state index contributed by atoms with van der Waals surface area (Å²) in [5.41, 5.74) is 0. The van der Waals surface area contributed by atoms with Gasteiger partial charge in [-0.25, -0.2) is 0 Å². The normalized spacial score (nSPS) is 43.1. The summed E-state index contributed by atoms with van der Waals surface area (Å²) in [6.07, 6.45) is 3.55. The fourth-order valence-corrected chi connectivity index (χ4v) is 2.73. The van der Waals surface area contributed by atoms with Crippen LogP contribution in [0.5, 0.6) is 0 Å². The van der Waals surface area contributed by atoms with Gasteiger partial charge in [0.2, 0.25) is 0 Å². The minimum atomic E-state index is 0.681. The molecular weight excluding hydrogens is 136 g/mol. The Balaban J connectivity index is 2.07. The van der Waals surface area contributed by atoms with Crippen molar-refractivity contribution in [2.45, 2.75) is 44.9 Å². The van der Waals surface area contributed by atoms with Gasteiger partial charge >= 0.3 is 0 Å². The zero-order chi connectivity index (χ0) is 8.01. The highest BCUT2D eigenvalue weighted by Gasteiger charge is 2.50. The molecule has 0 aromatic heterocycles. The van der Waals surface area contributed by atoms with Crippen molar-refractivity contribution in [3.8, 4) is 0 Å². The van der Waals surface area contributed by atoms with Crippen molar-refractivity contribution in [2.75, 3.05) is 7.05 Å². The average Bonchev–Trinajstić information content (AvgIpc) is 2.35. The van der Waals surface area contributed by atoms with Gasteiger partial charge in [0.1, 0.15) is 0 Å². The van der Waals surface area contributed by atoms with Gasteiger partial charge in [-0.05, 0) is 39.7 Å². The standard InChI is InChI=1S/C9H18N2/c1-6(2)11-8-4-7(5-8)9(11)10-3/h6-10H,4-5H2,1-3H3. The Bertz CT molecular complexity index is 150. The lowest BCUT2D eigenvalue weighted by Gasteiger charge is -2.29. The summed E-state index contributed by atoms with van der Waals surface area (Å²) in [5, 5.41) is 3.41. The van der Waals surface area contributed by atoms with E-state index in [4.69, 9.17) is 0 Å². The van der Waals surface area contributed by atoms with Gasteiger partial charge in [0.25, 0.3) is 0 Å². The number of fused-ring (bicyclic) bond motifs is 1. The number of hydrogen-bond donors (Lipinski definition) is 1. The molecule has 3 aliphatic rings. The van der Waals surface area contributed by atoms with Crippen molar-refractivity contribution in [3.63, 3.8) is 0 Å². The van der Waals surface area contributed by atoms with Gasteiger partial charge in [-0.2, -0.15) is 0 Å². The highest BCUT2D eigenvalue weighted by molar-refractivity contribution is 5.03. The van der Waals surface area contributed by atoms with Crippen LogP contribution in [0.2, 0.25) is 0 Å². The highest BCUT2D eigenvalue weighted by atomic mass is 15.4. The van der Waals surface area contributed by atoms with Crippen molar-refractivity contribution in [2.24, 2.45) is 5.92 Å². The van der Waals surface area contributed by atoms with Crippen LogP contribution in [-0.4, -0.2) is 30.2 Å². The second-order valence-corrected chi connectivity index (χ2v) is 4.16. The zero-order valence-corrected chi connectivity index (χ0v) is 7.67. The Kier molecular flexibility index (Phi) is 1.69. The molecule has 0 radical (unpaired) electrons. The molecule has 2 aliphatic heterocycles. The van der Waals surface area contributed by atoms with E-state index >= 15 is 0 Å². The van der Waals surface area contributed by atoms with Gasteiger partial charge in [-0.1, -0.05) is 0 Å². The summed E-state index contributed by atoms with van der Waals surface area (Å²) in [7, 11) is 2.08. The van der Waals surface area contributed by atoms with E-state index in [0.29, 0.717) is 12.2 Å². The van der Waals surface area contributed by atoms with Crippen molar-refractivity contribution >= 4 is 0 Å². The van der Waals surface area contributed by atoms with Crippen LogP contribution >= 0.6 is 0 Å². The monoisotopic (exact) mass is 154 g/mol. The molecule has 64 valence electrons. The molecule has 0 spiro atoms. The zero-order valence-electron chi connectivity index (χ0n) is 7.67. The van der Waals surface area contributed by atoms with Gasteiger partial charge in [0, 0.05) is 12.1 Å². The maximum Gasteiger partial charge on any atom is 0.0629 e. The van der Waals surface area contributed by atoms with E-state index in [-0.39, 0.29) is 0 Å². The quantitative estimate of drug-likeness (QED) is 0.639. The Hall–Kier alpha value is -0.0800. The molecule has 0 amide bonds. The fourth-order valence-electron chi connectivity index (χ4n) is 2.73. The van der Waals surface area contributed by atoms with Crippen LogP contribution in [0.25, 0.3) is 0 Å². The van der Waals surface area contributed by atoms with Crippen molar-refractivity contribution in [3.05, 3.63) is 0 Å². The molecule has 3 fully saturated rings. The lowest BCUT2D eigenvalue weighted by atomic mass is 9.85. The highest BCUT2D eigenvalue weighted by Crippen LogP contribution is 2.45. The molecule has 2 nitrogen and oxygen atoms in total. The molecule has 1 aliphatic carbocycles. The lowest BCUT2D eigenvalue weighted by molar-refractivity contribution is 0.163. The first kappa shape index (κ1) is 7.56. The van der Waals surface area contributed by atoms with Gasteiger partial charge < -0.3 is 5.32 Å². The van der Waals surface area contributed by atoms with Gasteiger partial charge in [0.05, 0.1) is 6.17 Å². The average molecular weight is 154 g/mol. The van der Waals surface area contributed by atoms with Gasteiger partial charge in [-0.3, -0.25) is 4.90 Å². The summed E-state index contributed by atoms with van der Waals surface area (Å²) in [5.74, 6) is 0.951. The maximum atomic E-state index is 3.41. The van der Waals surface area contributed by atoms with Crippen LogP contribution in [-0.2, 0) is 0 Å². The number of nitrogens with zero attached hydrogens (tertiary/aromatic N) is 1. The van der Waals surface area contributed by atoms with Gasteiger partial charge in [-0.15, -0.1) is 0 Å². The van der Waals surface area contributed by atoms with Gasteiger partial charge in [0.15, 0.2) is 0 Å². The van der Waals surface area contributed by atoms with E-state index in [9.17, 15) is 0 Å². The number of hydrogen-bond acceptors (Lipinski definition) is 2. The SMILES string of the molecule is CNC1C2CC(C2)N1C(C)C. The van der Waals surface area contributed by atoms with Crippen LogP contribution in [0.4, 0.5) is 0 Å². The first-order chi connectivity index (χ1) is 5.24. The first-order valence-corrected chi connectivity index (χ1v) is 4.68. The largest absolute Gasteiger partial charge is 0.305 e. The summed E-state index contributed by atoms with van der Waals surface area (Å²) in [4.78, 5) is 2.63. The molecule has 0 aromatic rings. The lowest BCUT2D eigenvalue weighted by Crippen LogP contribution is -2.43. The molecular formula is C9H18N2. The smallest absolute Gasteiger partial charge is 0.0629 e. The Morgan fingerprint density at radius 2 is 2.00 bits per heavy atom. The second kappa shape index (κ2) is 2.46. The third kappa shape index (κ3) is 0.926. The molecule has 1 saturated carbocycles. The van der Waals surface area contributed by atoms with Crippen molar-refractivity contribution in [1.29, 1.82) is 0 Å². The molecule has 2 bridgehead atoms.